The number of hydrogen-bond donors (Lipinski definition) is 1. The van der Waals surface area contributed by atoms with Crippen LogP contribution in [0.25, 0.3) is 0 Å². The summed E-state index contributed by atoms with van der Waals surface area (Å²) in [5, 5.41) is 29.6. The van der Waals surface area contributed by atoms with E-state index in [0.29, 0.717) is 42.9 Å². The molecule has 6 rings (SSSR count). The van der Waals surface area contributed by atoms with Crippen molar-refractivity contribution in [1.82, 2.24) is 9.97 Å². The van der Waals surface area contributed by atoms with Crippen LogP contribution in [0.3, 0.4) is 0 Å². The lowest BCUT2D eigenvalue weighted by Crippen LogP contribution is -2.03. The average Bonchev–Trinajstić information content (AvgIpc) is 3.65. The van der Waals surface area contributed by atoms with E-state index in [1.165, 1.54) is 31.5 Å². The van der Waals surface area contributed by atoms with Crippen LogP contribution in [-0.4, -0.2) is 57.1 Å². The maximum absolute atomic E-state index is 10.9. The van der Waals surface area contributed by atoms with Crippen LogP contribution in [0.5, 0.6) is 17.5 Å². The Hall–Kier alpha value is -5.22. The van der Waals surface area contributed by atoms with Crippen molar-refractivity contribution in [3.8, 4) is 17.5 Å². The summed E-state index contributed by atoms with van der Waals surface area (Å²) in [6.07, 6.45) is 3.11. The summed E-state index contributed by atoms with van der Waals surface area (Å²) in [5.41, 5.74) is 5.37. The van der Waals surface area contributed by atoms with Gasteiger partial charge in [-0.1, -0.05) is 0 Å². The number of halogens is 1. The molecule has 223 valence electrons. The first-order valence-electron chi connectivity index (χ1n) is 12.7. The number of fused-ring (bicyclic) bond motifs is 2. The molecule has 14 nitrogen and oxygen atoms in total. The fraction of sp³-hybridized carbons (Fsp3) is 0.143. The van der Waals surface area contributed by atoms with Gasteiger partial charge in [0.2, 0.25) is 11.8 Å². The molecule has 0 bridgehead atoms. The molecule has 2 aromatic carbocycles. The van der Waals surface area contributed by atoms with Crippen LogP contribution in [0, 0.1) is 20.2 Å². The topological polar surface area (TPSA) is 185 Å². The predicted molar refractivity (Wildman–Crippen MR) is 165 cm³/mol. The molecule has 0 saturated carbocycles. The fourth-order valence-electron chi connectivity index (χ4n) is 4.04. The number of nitro groups is 2. The van der Waals surface area contributed by atoms with E-state index in [-0.39, 0.29) is 11.4 Å². The van der Waals surface area contributed by atoms with Crippen molar-refractivity contribution >= 4 is 45.3 Å². The molecule has 1 radical (unpaired) electrons. The van der Waals surface area contributed by atoms with E-state index in [4.69, 9.17) is 14.5 Å². The Morgan fingerprint density at radius 2 is 1.36 bits per heavy atom. The minimum absolute atomic E-state index is 0.0693. The molecule has 1 N–H and O–H groups in total. The van der Waals surface area contributed by atoms with Gasteiger partial charge in [0.05, 0.1) is 49.1 Å². The molecule has 0 aliphatic carbocycles. The summed E-state index contributed by atoms with van der Waals surface area (Å²) < 4.78 is 15.1. The Balaban J connectivity index is 0.000000160. The molecule has 16 heteroatoms. The molecule has 0 unspecified atom stereocenters. The van der Waals surface area contributed by atoms with Gasteiger partial charge in [-0.3, -0.25) is 30.2 Å². The number of methoxy groups -OCH3 is 2. The summed E-state index contributed by atoms with van der Waals surface area (Å²) in [5.74, 6) is 1.50. The molecular weight excluding hydrogens is 639 g/mol. The van der Waals surface area contributed by atoms with Crippen molar-refractivity contribution in [3.63, 3.8) is 0 Å². The number of aliphatic imine (C=N–C) groups is 2. The summed E-state index contributed by atoms with van der Waals surface area (Å²) >= 11 is 3.25. The first kappa shape index (κ1) is 31.7. The Bertz CT molecular complexity index is 1720. The van der Waals surface area contributed by atoms with Crippen LogP contribution in [-0.2, 0) is 13.1 Å². The van der Waals surface area contributed by atoms with E-state index in [0.717, 1.165) is 33.5 Å². The molecule has 4 aromatic rings. The lowest BCUT2D eigenvalue weighted by atomic mass is 10.0. The summed E-state index contributed by atoms with van der Waals surface area (Å²) in [4.78, 5) is 37.0. The van der Waals surface area contributed by atoms with Gasteiger partial charge in [0.25, 0.3) is 11.4 Å². The molecule has 2 aliphatic rings. The third kappa shape index (κ3) is 7.79. The number of nitrogens with zero attached hydrogens (tertiary/aromatic N) is 6. The number of hydrogen-bond acceptors (Lipinski definition) is 12. The van der Waals surface area contributed by atoms with Crippen molar-refractivity contribution in [2.75, 3.05) is 14.2 Å². The molecule has 2 aliphatic heterocycles. The van der Waals surface area contributed by atoms with Gasteiger partial charge >= 0.3 is 7.69 Å². The Kier molecular flexibility index (Phi) is 10.7. The van der Waals surface area contributed by atoms with Crippen LogP contribution in [0.1, 0.15) is 27.8 Å². The van der Waals surface area contributed by atoms with Gasteiger partial charge in [-0.05, 0) is 51.3 Å². The fourth-order valence-corrected chi connectivity index (χ4v) is 4.53. The zero-order chi connectivity index (χ0) is 31.6. The molecular formula is C28H23BBrN6O8. The second-order valence-corrected chi connectivity index (χ2v) is 9.57. The van der Waals surface area contributed by atoms with Crippen molar-refractivity contribution < 1.29 is 29.0 Å². The molecule has 0 saturated heterocycles. The number of non-ortho nitro benzene ring substituents is 2. The first-order chi connectivity index (χ1) is 21.2. The zero-order valence-corrected chi connectivity index (χ0v) is 24.9. The van der Waals surface area contributed by atoms with Gasteiger partial charge in [-0.25, -0.2) is 9.97 Å². The van der Waals surface area contributed by atoms with Crippen LogP contribution >= 0.6 is 15.9 Å². The second-order valence-electron chi connectivity index (χ2n) is 8.82. The molecule has 0 atom stereocenters. The Morgan fingerprint density at radius 3 is 1.89 bits per heavy atom. The third-order valence-corrected chi connectivity index (χ3v) is 6.89. The highest BCUT2D eigenvalue weighted by Gasteiger charge is 2.21. The van der Waals surface area contributed by atoms with E-state index < -0.39 is 9.85 Å². The number of nitro benzene ring substituents is 2. The molecule has 44 heavy (non-hydrogen) atoms. The highest BCUT2D eigenvalue weighted by molar-refractivity contribution is 9.18. The van der Waals surface area contributed by atoms with Gasteiger partial charge in [0.15, 0.2) is 0 Å². The van der Waals surface area contributed by atoms with Crippen LogP contribution in [0.2, 0.25) is 0 Å². The maximum atomic E-state index is 10.9. The minimum atomic E-state index is -0.404. The molecule has 0 spiro atoms. The number of aromatic nitrogens is 2. The zero-order valence-electron chi connectivity index (χ0n) is 23.3. The maximum Gasteiger partial charge on any atom is 0.569 e. The van der Waals surface area contributed by atoms with E-state index in [1.807, 2.05) is 6.07 Å². The van der Waals surface area contributed by atoms with Gasteiger partial charge in [0.1, 0.15) is 10.4 Å². The Labute approximate surface area is 259 Å². The van der Waals surface area contributed by atoms with Crippen LogP contribution in [0.4, 0.5) is 11.4 Å². The van der Waals surface area contributed by atoms with E-state index in [9.17, 15) is 20.2 Å². The molecule has 2 aromatic heterocycles. The summed E-state index contributed by atoms with van der Waals surface area (Å²) in [6, 6.07) is 16.5. The molecule has 4 heterocycles. The van der Waals surface area contributed by atoms with E-state index >= 15 is 0 Å². The minimum Gasteiger partial charge on any atom is -0.536 e. The lowest BCUT2D eigenvalue weighted by Gasteiger charge is -2.04. The average molecular weight is 662 g/mol. The number of benzene rings is 2. The summed E-state index contributed by atoms with van der Waals surface area (Å²) in [6.45, 7) is 1.14. The van der Waals surface area contributed by atoms with Crippen molar-refractivity contribution in [3.05, 3.63) is 121 Å². The van der Waals surface area contributed by atoms with E-state index in [1.54, 1.807) is 49.7 Å². The lowest BCUT2D eigenvalue weighted by molar-refractivity contribution is -0.385. The number of rotatable bonds is 7. The van der Waals surface area contributed by atoms with Crippen molar-refractivity contribution in [1.29, 1.82) is 0 Å². The third-order valence-electron chi connectivity index (χ3n) is 6.21. The predicted octanol–water partition coefficient (Wildman–Crippen LogP) is 4.59. The van der Waals surface area contributed by atoms with Gasteiger partial charge in [-0.15, -0.1) is 0 Å². The highest BCUT2D eigenvalue weighted by atomic mass is 79.9. The number of ether oxygens (including phenoxy) is 2. The SMILES string of the molecule is COc1ccc(C2=NCc3ccc([N+](=O)[O-])cc32)cn1.COc1ccc(O[B]O)cn1.O=[N+]([O-])c1ccc2c(c1)C(Br)=NC2. The smallest absolute Gasteiger partial charge is 0.536 e. The quantitative estimate of drug-likeness (QED) is 0.167. The van der Waals surface area contributed by atoms with Crippen molar-refractivity contribution in [2.24, 2.45) is 9.98 Å². The van der Waals surface area contributed by atoms with Gasteiger partial charge in [0, 0.05) is 59.3 Å². The Morgan fingerprint density at radius 1 is 0.795 bits per heavy atom. The monoisotopic (exact) mass is 661 g/mol. The highest BCUT2D eigenvalue weighted by Crippen LogP contribution is 2.28. The standard InChI is InChI=1S/C14H11N3O3.C8H5BrN2O2.C6H7BNO3/c1-20-13-5-3-10(8-15-13)14-12-6-11(17(18)19)4-2-9(12)7-16-14;9-8-7-3-6(11(12)13)2-1-5(7)4-10-8;1-10-6-3-2-5(4-8-6)11-7-9/h2-6,8H,7H2,1H3;1-3H,4H2;2-4,9H,1H3. The van der Waals surface area contributed by atoms with Crippen LogP contribution in [0.15, 0.2) is 83.0 Å². The summed E-state index contributed by atoms with van der Waals surface area (Å²) in [7, 11) is 3.68. The first-order valence-corrected chi connectivity index (χ1v) is 13.5. The number of pyridine rings is 2. The molecule has 0 fully saturated rings. The van der Waals surface area contributed by atoms with Crippen LogP contribution < -0.4 is 14.1 Å². The van der Waals surface area contributed by atoms with E-state index in [2.05, 4.69) is 40.5 Å². The van der Waals surface area contributed by atoms with Gasteiger partial charge < -0.3 is 19.2 Å². The van der Waals surface area contributed by atoms with Gasteiger partial charge in [-0.2, -0.15) is 0 Å². The normalized spacial score (nSPS) is 12.1. The molecule has 0 amide bonds. The largest absolute Gasteiger partial charge is 0.569 e. The van der Waals surface area contributed by atoms with Crippen molar-refractivity contribution in [2.45, 2.75) is 13.1 Å². The second kappa shape index (κ2) is 14.8.